The Labute approximate surface area is 240 Å². The highest BCUT2D eigenvalue weighted by atomic mass is 35.5. The maximum Gasteiger partial charge on any atom is 0.130 e. The summed E-state index contributed by atoms with van der Waals surface area (Å²) in [5, 5.41) is 0.903. The van der Waals surface area contributed by atoms with E-state index in [2.05, 4.69) is 135 Å². The zero-order valence-corrected chi connectivity index (χ0v) is 28.2. The first-order chi connectivity index (χ1) is 16.7. The number of rotatable bonds is 5. The van der Waals surface area contributed by atoms with Gasteiger partial charge in [-0.15, -0.1) is 0 Å². The van der Waals surface area contributed by atoms with E-state index in [9.17, 15) is 0 Å². The average Bonchev–Trinajstić information content (AvgIpc) is 2.69. The molecule has 0 fully saturated rings. The average molecular weight is 543 g/mol. The van der Waals surface area contributed by atoms with Gasteiger partial charge in [-0.2, -0.15) is 0 Å². The fourth-order valence-electron chi connectivity index (χ4n) is 5.11. The Hall–Kier alpha value is -1.34. The SMILES string of the molecule is CC(C)(C)c1cc(C(C)(C)C)c(Cl)c(C(C)(C)CCC(C)(C)c2cc(C(C)(C)C)c(F)c(C(C)(C)C)c2)c1. The fourth-order valence-corrected chi connectivity index (χ4v) is 5.75. The maximum atomic E-state index is 15.7. The smallest absolute Gasteiger partial charge is 0.130 e. The van der Waals surface area contributed by atoms with Crippen molar-refractivity contribution in [2.45, 2.75) is 156 Å². The third-order valence-corrected chi connectivity index (χ3v) is 8.73. The van der Waals surface area contributed by atoms with Gasteiger partial charge in [0.2, 0.25) is 0 Å². The van der Waals surface area contributed by atoms with Gasteiger partial charge in [-0.25, -0.2) is 4.39 Å². The molecule has 38 heavy (non-hydrogen) atoms. The summed E-state index contributed by atoms with van der Waals surface area (Å²) in [4.78, 5) is 0. The van der Waals surface area contributed by atoms with Crippen LogP contribution in [0.1, 0.15) is 157 Å². The lowest BCUT2D eigenvalue weighted by Gasteiger charge is -2.37. The molecule has 0 spiro atoms. The van der Waals surface area contributed by atoms with Gasteiger partial charge in [0, 0.05) is 5.02 Å². The fraction of sp³-hybridized carbons (Fsp3) is 0.667. The number of benzene rings is 2. The van der Waals surface area contributed by atoms with E-state index in [-0.39, 0.29) is 38.3 Å². The molecule has 0 N–H and O–H groups in total. The zero-order chi connectivity index (χ0) is 29.9. The van der Waals surface area contributed by atoms with Gasteiger partial charge in [0.05, 0.1) is 0 Å². The summed E-state index contributed by atoms with van der Waals surface area (Å²) in [6, 6.07) is 8.91. The van der Waals surface area contributed by atoms with Crippen LogP contribution in [0, 0.1) is 5.82 Å². The molecule has 2 aromatic carbocycles. The maximum absolute atomic E-state index is 15.7. The van der Waals surface area contributed by atoms with Crippen molar-refractivity contribution in [2.75, 3.05) is 0 Å². The Morgan fingerprint density at radius 2 is 0.816 bits per heavy atom. The summed E-state index contributed by atoms with van der Waals surface area (Å²) in [5.74, 6) is -0.0506. The normalized spacial score (nSPS) is 14.3. The second kappa shape index (κ2) is 10.2. The van der Waals surface area contributed by atoms with Gasteiger partial charge in [0.15, 0.2) is 0 Å². The van der Waals surface area contributed by atoms with Crippen LogP contribution in [-0.2, 0) is 32.5 Å². The van der Waals surface area contributed by atoms with Crippen LogP contribution in [0.3, 0.4) is 0 Å². The van der Waals surface area contributed by atoms with Crippen LogP contribution in [0.25, 0.3) is 0 Å². The van der Waals surface area contributed by atoms with E-state index in [1.165, 1.54) is 22.3 Å². The highest BCUT2D eigenvalue weighted by Gasteiger charge is 2.35. The van der Waals surface area contributed by atoms with Crippen molar-refractivity contribution in [1.29, 1.82) is 0 Å². The lowest BCUT2D eigenvalue weighted by atomic mass is 9.69. The molecule has 0 aromatic heterocycles. The van der Waals surface area contributed by atoms with Crippen molar-refractivity contribution in [3.63, 3.8) is 0 Å². The van der Waals surface area contributed by atoms with E-state index < -0.39 is 0 Å². The molecule has 2 rings (SSSR count). The van der Waals surface area contributed by atoms with Crippen LogP contribution in [-0.4, -0.2) is 0 Å². The quantitative estimate of drug-likeness (QED) is 0.352. The van der Waals surface area contributed by atoms with E-state index in [1.54, 1.807) is 0 Å². The molecule has 0 unspecified atom stereocenters. The van der Waals surface area contributed by atoms with Gasteiger partial charge < -0.3 is 0 Å². The van der Waals surface area contributed by atoms with E-state index in [1.807, 2.05) is 0 Å². The highest BCUT2D eigenvalue weighted by molar-refractivity contribution is 6.32. The van der Waals surface area contributed by atoms with Crippen LogP contribution in [0.5, 0.6) is 0 Å². The van der Waals surface area contributed by atoms with Gasteiger partial charge in [-0.1, -0.05) is 147 Å². The van der Waals surface area contributed by atoms with Crippen molar-refractivity contribution in [3.05, 3.63) is 68.5 Å². The molecule has 0 aliphatic rings. The lowest BCUT2D eigenvalue weighted by molar-refractivity contribution is 0.371. The van der Waals surface area contributed by atoms with Crippen LogP contribution in [0.2, 0.25) is 5.02 Å². The Bertz CT molecular complexity index is 1120. The topological polar surface area (TPSA) is 0 Å². The van der Waals surface area contributed by atoms with Crippen molar-refractivity contribution in [2.24, 2.45) is 0 Å². The Balaban J connectivity index is 2.59. The molecule has 0 amide bonds. The van der Waals surface area contributed by atoms with Crippen molar-refractivity contribution in [3.8, 4) is 0 Å². The largest absolute Gasteiger partial charge is 0.206 e. The molecule has 0 bridgehead atoms. The zero-order valence-electron chi connectivity index (χ0n) is 27.5. The minimum absolute atomic E-state index is 0.0372. The number of hydrogen-bond donors (Lipinski definition) is 0. The Morgan fingerprint density at radius 1 is 0.474 bits per heavy atom. The van der Waals surface area contributed by atoms with Crippen molar-refractivity contribution < 1.29 is 4.39 Å². The highest BCUT2D eigenvalue weighted by Crippen LogP contribution is 2.45. The number of halogens is 2. The third-order valence-electron chi connectivity index (χ3n) is 8.32. The first-order valence-electron chi connectivity index (χ1n) is 14.4. The predicted octanol–water partition coefficient (Wildman–Crippen LogP) is 11.7. The van der Waals surface area contributed by atoms with E-state index in [0.29, 0.717) is 0 Å². The summed E-state index contributed by atoms with van der Waals surface area (Å²) < 4.78 is 15.7. The van der Waals surface area contributed by atoms with E-state index in [0.717, 1.165) is 29.0 Å². The van der Waals surface area contributed by atoms with Gasteiger partial charge in [-0.05, 0) is 78.7 Å². The summed E-state index contributed by atoms with van der Waals surface area (Å²) >= 11 is 7.18. The number of hydrogen-bond acceptors (Lipinski definition) is 0. The molecule has 0 saturated carbocycles. The van der Waals surface area contributed by atoms with Gasteiger partial charge in [0.1, 0.15) is 5.82 Å². The first kappa shape index (κ1) is 32.9. The second-order valence-electron chi connectivity index (χ2n) is 17.0. The van der Waals surface area contributed by atoms with Gasteiger partial charge >= 0.3 is 0 Å². The third kappa shape index (κ3) is 7.24. The van der Waals surface area contributed by atoms with Crippen LogP contribution >= 0.6 is 11.6 Å². The summed E-state index contributed by atoms with van der Waals surface area (Å²) in [7, 11) is 0. The molecule has 2 heteroatoms. The molecule has 0 atom stereocenters. The standard InChI is InChI=1S/C36H56ClF/c1-31(2,3)23-19-25(32(4,5)6)29(37)26(20-23)36(15,16)18-17-35(13,14)24-21-27(33(7,8)9)30(38)28(22-24)34(10,11)12/h19-22H,17-18H2,1-16H3. The summed E-state index contributed by atoms with van der Waals surface area (Å²) in [5.41, 5.74) is 5.85. The minimum Gasteiger partial charge on any atom is -0.206 e. The molecule has 0 nitrogen and oxygen atoms in total. The van der Waals surface area contributed by atoms with E-state index in [4.69, 9.17) is 11.6 Å². The van der Waals surface area contributed by atoms with Crippen LogP contribution in [0.4, 0.5) is 4.39 Å². The second-order valence-corrected chi connectivity index (χ2v) is 17.4. The Kier molecular flexibility index (Phi) is 8.86. The summed E-state index contributed by atoms with van der Waals surface area (Å²) in [6.45, 7) is 35.5. The molecular formula is C36H56ClF. The van der Waals surface area contributed by atoms with Crippen LogP contribution < -0.4 is 0 Å². The first-order valence-corrected chi connectivity index (χ1v) is 14.8. The molecule has 0 saturated heterocycles. The Morgan fingerprint density at radius 3 is 1.18 bits per heavy atom. The summed E-state index contributed by atoms with van der Waals surface area (Å²) in [6.07, 6.45) is 1.95. The predicted molar refractivity (Wildman–Crippen MR) is 168 cm³/mol. The van der Waals surface area contributed by atoms with Crippen molar-refractivity contribution in [1.82, 2.24) is 0 Å². The van der Waals surface area contributed by atoms with Crippen molar-refractivity contribution >= 4 is 11.6 Å². The monoisotopic (exact) mass is 542 g/mol. The molecule has 0 aliphatic heterocycles. The van der Waals surface area contributed by atoms with E-state index >= 15 is 4.39 Å². The molecular weight excluding hydrogens is 487 g/mol. The minimum atomic E-state index is -0.264. The lowest BCUT2D eigenvalue weighted by Crippen LogP contribution is -2.28. The molecule has 214 valence electrons. The molecule has 0 heterocycles. The van der Waals surface area contributed by atoms with Crippen LogP contribution in [0.15, 0.2) is 24.3 Å². The van der Waals surface area contributed by atoms with Gasteiger partial charge in [-0.3, -0.25) is 0 Å². The molecule has 2 aromatic rings. The molecule has 0 radical (unpaired) electrons. The molecule has 0 aliphatic carbocycles. The van der Waals surface area contributed by atoms with Gasteiger partial charge in [0.25, 0.3) is 0 Å².